The zero-order chi connectivity index (χ0) is 23.7. The van der Waals surface area contributed by atoms with E-state index >= 15 is 0 Å². The van der Waals surface area contributed by atoms with Gasteiger partial charge in [0.1, 0.15) is 5.82 Å². The summed E-state index contributed by atoms with van der Waals surface area (Å²) in [5.41, 5.74) is 3.28. The molecule has 1 fully saturated rings. The number of alkyl halides is 3. The van der Waals surface area contributed by atoms with Crippen LogP contribution < -0.4 is 4.90 Å². The van der Waals surface area contributed by atoms with Crippen LogP contribution in [0.3, 0.4) is 0 Å². The van der Waals surface area contributed by atoms with Crippen molar-refractivity contribution in [2.24, 2.45) is 0 Å². The highest BCUT2D eigenvalue weighted by Gasteiger charge is 2.32. The molecule has 0 amide bonds. The Morgan fingerprint density at radius 2 is 1.91 bits per heavy atom. The lowest BCUT2D eigenvalue weighted by Crippen LogP contribution is -2.51. The Morgan fingerprint density at radius 3 is 2.56 bits per heavy atom. The van der Waals surface area contributed by atoms with E-state index in [-0.39, 0.29) is 6.04 Å². The molecule has 176 valence electrons. The predicted octanol–water partition coefficient (Wildman–Crippen LogP) is 4.39. The van der Waals surface area contributed by atoms with Crippen LogP contribution in [0.5, 0.6) is 0 Å². The van der Waals surface area contributed by atoms with Crippen molar-refractivity contribution < 1.29 is 13.2 Å². The lowest BCUT2D eigenvalue weighted by molar-refractivity contribution is -0.137. The predicted molar refractivity (Wildman–Crippen MR) is 122 cm³/mol. The minimum atomic E-state index is -4.38. The zero-order valence-corrected chi connectivity index (χ0v) is 18.6. The Kier molecular flexibility index (Phi) is 5.82. The van der Waals surface area contributed by atoms with E-state index in [1.807, 2.05) is 47.4 Å². The highest BCUT2D eigenvalue weighted by molar-refractivity contribution is 5.64. The van der Waals surface area contributed by atoms with E-state index in [2.05, 4.69) is 37.0 Å². The summed E-state index contributed by atoms with van der Waals surface area (Å²) in [6.07, 6.45) is 2.09. The first kappa shape index (κ1) is 22.1. The molecule has 3 aromatic heterocycles. The number of hydrogen-bond acceptors (Lipinski definition) is 5. The second kappa shape index (κ2) is 8.94. The Bertz CT molecular complexity index is 1210. The van der Waals surface area contributed by atoms with Crippen LogP contribution in [0, 0.1) is 0 Å². The van der Waals surface area contributed by atoms with Crippen LogP contribution in [0.2, 0.25) is 0 Å². The molecule has 0 spiro atoms. The van der Waals surface area contributed by atoms with Gasteiger partial charge in [-0.1, -0.05) is 12.1 Å². The molecule has 5 rings (SSSR count). The van der Waals surface area contributed by atoms with Crippen LogP contribution in [-0.4, -0.2) is 55.5 Å². The molecule has 7 nitrogen and oxygen atoms in total. The fourth-order valence-electron chi connectivity index (χ4n) is 4.36. The van der Waals surface area contributed by atoms with Crippen molar-refractivity contribution in [2.45, 2.75) is 25.7 Å². The molecule has 1 aliphatic heterocycles. The molecule has 1 atom stereocenters. The van der Waals surface area contributed by atoms with Gasteiger partial charge in [0.05, 0.1) is 16.9 Å². The van der Waals surface area contributed by atoms with E-state index in [0.717, 1.165) is 54.4 Å². The second-order valence-corrected chi connectivity index (χ2v) is 8.44. The summed E-state index contributed by atoms with van der Waals surface area (Å²) in [4.78, 5) is 8.45. The molecule has 1 aromatic carbocycles. The maximum absolute atomic E-state index is 12.8. The number of H-pyrrole nitrogens is 1. The number of hydrogen-bond donors (Lipinski definition) is 1. The van der Waals surface area contributed by atoms with E-state index in [1.54, 1.807) is 6.20 Å². The molecule has 34 heavy (non-hydrogen) atoms. The van der Waals surface area contributed by atoms with Gasteiger partial charge in [-0.2, -0.15) is 23.4 Å². The summed E-state index contributed by atoms with van der Waals surface area (Å²) in [6.45, 7) is 5.02. The maximum Gasteiger partial charge on any atom is 0.417 e. The third-order valence-corrected chi connectivity index (χ3v) is 6.10. The minimum absolute atomic E-state index is 0.113. The molecule has 1 saturated heterocycles. The molecular weight excluding hydrogens is 443 g/mol. The summed E-state index contributed by atoms with van der Waals surface area (Å²) in [6, 6.07) is 12.6. The minimum Gasteiger partial charge on any atom is -0.351 e. The monoisotopic (exact) mass is 467 g/mol. The van der Waals surface area contributed by atoms with E-state index in [0.29, 0.717) is 12.4 Å². The van der Waals surface area contributed by atoms with E-state index in [4.69, 9.17) is 0 Å². The van der Waals surface area contributed by atoms with Crippen LogP contribution >= 0.6 is 0 Å². The summed E-state index contributed by atoms with van der Waals surface area (Å²) >= 11 is 0. The summed E-state index contributed by atoms with van der Waals surface area (Å²) in [5, 5.41) is 11.7. The molecule has 1 N–H and O–H groups in total. The number of aromatic amines is 1. The average molecular weight is 467 g/mol. The number of nitrogens with zero attached hydrogens (tertiary/aromatic N) is 6. The quantitative estimate of drug-likeness (QED) is 0.472. The Morgan fingerprint density at radius 1 is 1.09 bits per heavy atom. The van der Waals surface area contributed by atoms with Crippen molar-refractivity contribution in [3.63, 3.8) is 0 Å². The van der Waals surface area contributed by atoms with Crippen molar-refractivity contribution in [1.29, 1.82) is 0 Å². The van der Waals surface area contributed by atoms with E-state index in [1.165, 1.54) is 6.07 Å². The number of rotatable bonds is 5. The number of anilines is 1. The molecular formula is C24H24F3N7. The third-order valence-electron chi connectivity index (χ3n) is 6.10. The van der Waals surface area contributed by atoms with Crippen LogP contribution in [0.25, 0.3) is 16.9 Å². The first-order chi connectivity index (χ1) is 16.4. The van der Waals surface area contributed by atoms with Crippen molar-refractivity contribution in [1.82, 2.24) is 29.9 Å². The number of nitrogens with one attached hydrogen (secondary N) is 1. The topological polar surface area (TPSA) is 65.9 Å². The van der Waals surface area contributed by atoms with Gasteiger partial charge >= 0.3 is 6.18 Å². The number of aromatic nitrogens is 5. The van der Waals surface area contributed by atoms with Gasteiger partial charge in [-0.3, -0.25) is 10.00 Å². The van der Waals surface area contributed by atoms with Gasteiger partial charge in [-0.15, -0.1) is 0 Å². The molecule has 0 saturated carbocycles. The number of piperazine rings is 1. The zero-order valence-electron chi connectivity index (χ0n) is 18.6. The standard InChI is InChI=1S/C24H24F3N7/c1-17-15-32(11-12-33(17)22-8-5-20(14-28-22)24(25,26)27)16-19-13-29-31-23(19)18-3-6-21(7-4-18)34-10-2-9-30-34/h2-10,13-14,17H,11-12,15-16H2,1H3,(H,29,31). The fourth-order valence-corrected chi connectivity index (χ4v) is 4.36. The van der Waals surface area contributed by atoms with Gasteiger partial charge in [0, 0.05) is 68.1 Å². The molecule has 10 heteroatoms. The van der Waals surface area contributed by atoms with Crippen molar-refractivity contribution >= 4 is 5.82 Å². The van der Waals surface area contributed by atoms with Gasteiger partial charge in [0.25, 0.3) is 0 Å². The first-order valence-electron chi connectivity index (χ1n) is 11.0. The van der Waals surface area contributed by atoms with Gasteiger partial charge in [0.15, 0.2) is 0 Å². The van der Waals surface area contributed by atoms with Crippen molar-refractivity contribution in [3.8, 4) is 16.9 Å². The third kappa shape index (κ3) is 4.54. The molecule has 0 bridgehead atoms. The number of halogens is 3. The number of benzene rings is 1. The summed E-state index contributed by atoms with van der Waals surface area (Å²) in [7, 11) is 0. The average Bonchev–Trinajstić information content (AvgIpc) is 3.51. The largest absolute Gasteiger partial charge is 0.417 e. The Hall–Kier alpha value is -3.66. The van der Waals surface area contributed by atoms with Crippen LogP contribution in [0.15, 0.2) is 67.3 Å². The van der Waals surface area contributed by atoms with Crippen molar-refractivity contribution in [2.75, 3.05) is 24.5 Å². The smallest absolute Gasteiger partial charge is 0.351 e. The summed E-state index contributed by atoms with van der Waals surface area (Å²) < 4.78 is 40.3. The molecule has 4 heterocycles. The van der Waals surface area contributed by atoms with Crippen molar-refractivity contribution in [3.05, 3.63) is 78.4 Å². The van der Waals surface area contributed by atoms with Gasteiger partial charge in [-0.05, 0) is 37.3 Å². The first-order valence-corrected chi connectivity index (χ1v) is 11.0. The maximum atomic E-state index is 12.8. The van der Waals surface area contributed by atoms with Gasteiger partial charge in [0.2, 0.25) is 0 Å². The van der Waals surface area contributed by atoms with Gasteiger partial charge < -0.3 is 4.90 Å². The Labute approximate surface area is 194 Å². The Balaban J connectivity index is 1.24. The fraction of sp³-hybridized carbons (Fsp3) is 0.292. The SMILES string of the molecule is CC1CN(Cc2c[nH]nc2-c2ccc(-n3cccn3)cc2)CCN1c1ccc(C(F)(F)F)cn1. The number of pyridine rings is 1. The van der Waals surface area contributed by atoms with Crippen LogP contribution in [0.4, 0.5) is 19.0 Å². The highest BCUT2D eigenvalue weighted by Crippen LogP contribution is 2.30. The van der Waals surface area contributed by atoms with E-state index in [9.17, 15) is 13.2 Å². The molecule has 0 radical (unpaired) electrons. The molecule has 1 aliphatic rings. The summed E-state index contributed by atoms with van der Waals surface area (Å²) in [5.74, 6) is 0.571. The lowest BCUT2D eigenvalue weighted by atomic mass is 10.1. The molecule has 1 unspecified atom stereocenters. The highest BCUT2D eigenvalue weighted by atomic mass is 19.4. The second-order valence-electron chi connectivity index (χ2n) is 8.44. The normalized spacial score (nSPS) is 17.3. The molecule has 4 aromatic rings. The lowest BCUT2D eigenvalue weighted by Gasteiger charge is -2.40. The van der Waals surface area contributed by atoms with E-state index < -0.39 is 11.7 Å². The van der Waals surface area contributed by atoms with Crippen LogP contribution in [-0.2, 0) is 12.7 Å². The van der Waals surface area contributed by atoms with Gasteiger partial charge in [-0.25, -0.2) is 9.67 Å². The van der Waals surface area contributed by atoms with Crippen LogP contribution in [0.1, 0.15) is 18.1 Å². The molecule has 0 aliphatic carbocycles.